The van der Waals surface area contributed by atoms with Crippen LogP contribution < -0.4 is 0 Å². The Morgan fingerprint density at radius 3 is 2.44 bits per heavy atom. The summed E-state index contributed by atoms with van der Waals surface area (Å²) in [4.78, 5) is 4.24. The van der Waals surface area contributed by atoms with Crippen LogP contribution in [0.4, 0.5) is 0 Å². The van der Waals surface area contributed by atoms with Crippen molar-refractivity contribution in [1.29, 1.82) is 0 Å². The summed E-state index contributed by atoms with van der Waals surface area (Å²) < 4.78 is 0. The lowest BCUT2D eigenvalue weighted by Gasteiger charge is -1.94. The Kier molecular flexibility index (Phi) is 5.59. The molecular formula is C8H16N. The Morgan fingerprint density at radius 1 is 1.33 bits per heavy atom. The fourth-order valence-corrected chi connectivity index (χ4v) is 0.638. The van der Waals surface area contributed by atoms with E-state index in [1.165, 1.54) is 0 Å². The molecule has 1 nitrogen and oxygen atoms in total. The molecule has 9 heavy (non-hydrogen) atoms. The van der Waals surface area contributed by atoms with Gasteiger partial charge in [0.25, 0.3) is 0 Å². The molecule has 0 spiro atoms. The van der Waals surface area contributed by atoms with Gasteiger partial charge in [0.1, 0.15) is 0 Å². The number of hydrogen-bond acceptors (Lipinski definition) is 1. The monoisotopic (exact) mass is 126 g/mol. The summed E-state index contributed by atoms with van der Waals surface area (Å²) in [5, 5.41) is 0. The van der Waals surface area contributed by atoms with Gasteiger partial charge in [-0.2, -0.15) is 0 Å². The minimum Gasteiger partial charge on any atom is -0.294 e. The molecule has 0 atom stereocenters. The summed E-state index contributed by atoms with van der Waals surface area (Å²) in [5.41, 5.74) is 1.05. The summed E-state index contributed by atoms with van der Waals surface area (Å²) in [7, 11) is 0. The predicted molar refractivity (Wildman–Crippen MR) is 42.9 cm³/mol. The van der Waals surface area contributed by atoms with Crippen LogP contribution in [-0.2, 0) is 0 Å². The van der Waals surface area contributed by atoms with Gasteiger partial charge in [-0.1, -0.05) is 20.3 Å². The van der Waals surface area contributed by atoms with Crippen LogP contribution in [0.2, 0.25) is 0 Å². The highest BCUT2D eigenvalue weighted by Gasteiger charge is 1.85. The number of nitrogens with zero attached hydrogens (tertiary/aromatic N) is 1. The van der Waals surface area contributed by atoms with Gasteiger partial charge in [-0.15, -0.1) is 0 Å². The Balaban J connectivity index is 3.30. The van der Waals surface area contributed by atoms with Crippen LogP contribution in [0, 0.1) is 6.92 Å². The molecule has 1 heteroatoms. The third-order valence-corrected chi connectivity index (χ3v) is 1.10. The van der Waals surface area contributed by atoms with Gasteiger partial charge in [-0.05, 0) is 19.8 Å². The molecule has 1 radical (unpaired) electrons. The topological polar surface area (TPSA) is 12.4 Å². The van der Waals surface area contributed by atoms with Crippen molar-refractivity contribution in [3.8, 4) is 0 Å². The molecule has 0 saturated heterocycles. The zero-order chi connectivity index (χ0) is 7.11. The van der Waals surface area contributed by atoms with Crippen molar-refractivity contribution >= 4 is 5.71 Å². The maximum absolute atomic E-state index is 4.24. The SMILES string of the molecule is [CH2]/C(CCC)=N\CCC. The second-order valence-electron chi connectivity index (χ2n) is 2.20. The van der Waals surface area contributed by atoms with Gasteiger partial charge in [0, 0.05) is 12.3 Å². The molecule has 0 aliphatic carbocycles. The third-order valence-electron chi connectivity index (χ3n) is 1.10. The van der Waals surface area contributed by atoms with E-state index >= 15 is 0 Å². The highest BCUT2D eigenvalue weighted by Crippen LogP contribution is 1.91. The quantitative estimate of drug-likeness (QED) is 0.513. The molecular weight excluding hydrogens is 110 g/mol. The second kappa shape index (κ2) is 5.80. The second-order valence-corrected chi connectivity index (χ2v) is 2.20. The fourth-order valence-electron chi connectivity index (χ4n) is 0.638. The van der Waals surface area contributed by atoms with E-state index in [1.807, 2.05) is 0 Å². The van der Waals surface area contributed by atoms with E-state index in [2.05, 4.69) is 25.8 Å². The minimum atomic E-state index is 0.943. The minimum absolute atomic E-state index is 0.943. The van der Waals surface area contributed by atoms with Crippen molar-refractivity contribution in [2.24, 2.45) is 4.99 Å². The molecule has 0 bridgehead atoms. The molecule has 0 aromatic carbocycles. The van der Waals surface area contributed by atoms with Gasteiger partial charge in [0.2, 0.25) is 0 Å². The average molecular weight is 126 g/mol. The van der Waals surface area contributed by atoms with Crippen molar-refractivity contribution in [2.75, 3.05) is 6.54 Å². The number of rotatable bonds is 4. The normalized spacial score (nSPS) is 12.1. The van der Waals surface area contributed by atoms with Gasteiger partial charge in [0.05, 0.1) is 0 Å². The van der Waals surface area contributed by atoms with E-state index in [1.54, 1.807) is 0 Å². The molecule has 0 unspecified atom stereocenters. The van der Waals surface area contributed by atoms with Crippen molar-refractivity contribution in [3.05, 3.63) is 6.92 Å². The standard InChI is InChI=1S/C8H16N/c1-4-6-8(3)9-7-5-2/h3-7H2,1-2H3/b9-8+. The van der Waals surface area contributed by atoms with Crippen molar-refractivity contribution in [1.82, 2.24) is 0 Å². The first-order valence-corrected chi connectivity index (χ1v) is 3.66. The smallest absolute Gasteiger partial charge is 0.0386 e. The van der Waals surface area contributed by atoms with E-state index in [9.17, 15) is 0 Å². The van der Waals surface area contributed by atoms with E-state index in [0.717, 1.165) is 31.5 Å². The first-order valence-electron chi connectivity index (χ1n) is 3.66. The van der Waals surface area contributed by atoms with Crippen LogP contribution in [0.15, 0.2) is 4.99 Å². The molecule has 0 saturated carbocycles. The molecule has 0 aliphatic rings. The summed E-state index contributed by atoms with van der Waals surface area (Å²) in [6.45, 7) is 9.03. The van der Waals surface area contributed by atoms with Crippen molar-refractivity contribution < 1.29 is 0 Å². The molecule has 0 aromatic heterocycles. The van der Waals surface area contributed by atoms with Gasteiger partial charge in [-0.3, -0.25) is 4.99 Å². The van der Waals surface area contributed by atoms with Crippen LogP contribution in [0.1, 0.15) is 33.1 Å². The maximum Gasteiger partial charge on any atom is 0.0386 e. The van der Waals surface area contributed by atoms with Crippen LogP contribution in [0.25, 0.3) is 0 Å². The lowest BCUT2D eigenvalue weighted by molar-refractivity contribution is 0.913. The average Bonchev–Trinajstić information content (AvgIpc) is 1.85. The fraction of sp³-hybridized carbons (Fsp3) is 0.750. The molecule has 0 fully saturated rings. The Bertz CT molecular complexity index is 84.6. The van der Waals surface area contributed by atoms with Crippen molar-refractivity contribution in [3.63, 3.8) is 0 Å². The van der Waals surface area contributed by atoms with Crippen LogP contribution in [-0.4, -0.2) is 12.3 Å². The summed E-state index contributed by atoms with van der Waals surface area (Å²) in [5.74, 6) is 0. The predicted octanol–water partition coefficient (Wildman–Crippen LogP) is 2.47. The number of hydrogen-bond donors (Lipinski definition) is 0. The van der Waals surface area contributed by atoms with Gasteiger partial charge < -0.3 is 0 Å². The molecule has 0 heterocycles. The molecule has 0 N–H and O–H groups in total. The van der Waals surface area contributed by atoms with Crippen molar-refractivity contribution in [2.45, 2.75) is 33.1 Å². The first-order chi connectivity index (χ1) is 4.31. The highest BCUT2D eigenvalue weighted by atomic mass is 14.7. The van der Waals surface area contributed by atoms with E-state index in [0.29, 0.717) is 0 Å². The lowest BCUT2D eigenvalue weighted by Crippen LogP contribution is -1.91. The van der Waals surface area contributed by atoms with Crippen LogP contribution in [0.5, 0.6) is 0 Å². The molecule has 53 valence electrons. The van der Waals surface area contributed by atoms with Crippen LogP contribution in [0.3, 0.4) is 0 Å². The zero-order valence-corrected chi connectivity index (χ0v) is 6.48. The van der Waals surface area contributed by atoms with Crippen LogP contribution >= 0.6 is 0 Å². The molecule has 0 aromatic rings. The number of aliphatic imine (C=N–C) groups is 1. The lowest BCUT2D eigenvalue weighted by atomic mass is 10.2. The summed E-state index contributed by atoms with van der Waals surface area (Å²) in [6.07, 6.45) is 3.34. The van der Waals surface area contributed by atoms with Gasteiger partial charge >= 0.3 is 0 Å². The maximum atomic E-state index is 4.24. The van der Waals surface area contributed by atoms with Gasteiger partial charge in [-0.25, -0.2) is 0 Å². The largest absolute Gasteiger partial charge is 0.294 e. The first kappa shape index (κ1) is 8.67. The Morgan fingerprint density at radius 2 is 2.00 bits per heavy atom. The summed E-state index contributed by atoms with van der Waals surface area (Å²) >= 11 is 0. The van der Waals surface area contributed by atoms with E-state index < -0.39 is 0 Å². The molecule has 0 amide bonds. The Hall–Kier alpha value is -0.330. The third kappa shape index (κ3) is 5.54. The summed E-state index contributed by atoms with van der Waals surface area (Å²) in [6, 6.07) is 0. The molecule has 0 aliphatic heterocycles. The van der Waals surface area contributed by atoms with E-state index in [-0.39, 0.29) is 0 Å². The van der Waals surface area contributed by atoms with E-state index in [4.69, 9.17) is 0 Å². The Labute approximate surface area is 58.2 Å². The highest BCUT2D eigenvalue weighted by molar-refractivity contribution is 5.88. The zero-order valence-electron chi connectivity index (χ0n) is 6.48. The van der Waals surface area contributed by atoms with Gasteiger partial charge in [0.15, 0.2) is 0 Å². The molecule has 0 rings (SSSR count).